The highest BCUT2D eigenvalue weighted by atomic mass is 35.5. The molecule has 0 saturated heterocycles. The fraction of sp³-hybridized carbons (Fsp3) is 0.188. The molecule has 1 N–H and O–H groups in total. The third-order valence-electron chi connectivity index (χ3n) is 3.05. The second-order valence-corrected chi connectivity index (χ2v) is 5.37. The largest absolute Gasteiger partial charge is 0.497 e. The van der Waals surface area contributed by atoms with Crippen molar-refractivity contribution in [3.05, 3.63) is 52.0 Å². The first-order valence-electron chi connectivity index (χ1n) is 6.49. The predicted molar refractivity (Wildman–Crippen MR) is 88.3 cm³/mol. The molecular weight excluding hydrogens is 325 g/mol. The van der Waals surface area contributed by atoms with Crippen LogP contribution in [0.15, 0.2) is 36.4 Å². The van der Waals surface area contributed by atoms with Gasteiger partial charge in [0.25, 0.3) is 0 Å². The minimum Gasteiger partial charge on any atom is -0.497 e. The number of hydrogen-bond donors (Lipinski definition) is 1. The van der Waals surface area contributed by atoms with Crippen LogP contribution in [0.25, 0.3) is 0 Å². The highest BCUT2D eigenvalue weighted by molar-refractivity contribution is 6.35. The van der Waals surface area contributed by atoms with E-state index in [0.29, 0.717) is 32.8 Å². The van der Waals surface area contributed by atoms with Crippen LogP contribution in [-0.4, -0.2) is 20.1 Å². The maximum Gasteiger partial charge on any atom is 0.228 e. The Morgan fingerprint density at radius 1 is 1.09 bits per heavy atom. The molecule has 0 unspecified atom stereocenters. The zero-order valence-corrected chi connectivity index (χ0v) is 13.7. The number of rotatable bonds is 5. The second kappa shape index (κ2) is 7.38. The molecule has 6 heteroatoms. The molecule has 0 saturated carbocycles. The number of anilines is 1. The van der Waals surface area contributed by atoms with Crippen molar-refractivity contribution in [2.24, 2.45) is 0 Å². The van der Waals surface area contributed by atoms with Crippen LogP contribution in [0, 0.1) is 0 Å². The summed E-state index contributed by atoms with van der Waals surface area (Å²) in [7, 11) is 3.09. The number of methoxy groups -OCH3 is 2. The summed E-state index contributed by atoms with van der Waals surface area (Å²) in [6, 6.07) is 10.2. The van der Waals surface area contributed by atoms with Crippen molar-refractivity contribution >= 4 is 34.8 Å². The molecule has 116 valence electrons. The van der Waals surface area contributed by atoms with Crippen molar-refractivity contribution in [1.29, 1.82) is 0 Å². The Kier molecular flexibility index (Phi) is 5.52. The Labute approximate surface area is 138 Å². The molecule has 0 aliphatic rings. The Morgan fingerprint density at radius 3 is 2.50 bits per heavy atom. The number of benzene rings is 2. The van der Waals surface area contributed by atoms with Crippen LogP contribution in [0.3, 0.4) is 0 Å². The van der Waals surface area contributed by atoms with Gasteiger partial charge in [-0.15, -0.1) is 0 Å². The number of nitrogens with one attached hydrogen (secondary N) is 1. The van der Waals surface area contributed by atoms with E-state index < -0.39 is 0 Å². The van der Waals surface area contributed by atoms with Crippen molar-refractivity contribution in [2.75, 3.05) is 19.5 Å². The van der Waals surface area contributed by atoms with Crippen LogP contribution in [-0.2, 0) is 11.2 Å². The summed E-state index contributed by atoms with van der Waals surface area (Å²) < 4.78 is 10.4. The van der Waals surface area contributed by atoms with E-state index in [4.69, 9.17) is 32.7 Å². The molecule has 4 nitrogen and oxygen atoms in total. The maximum atomic E-state index is 12.2. The lowest BCUT2D eigenvalue weighted by Crippen LogP contribution is -2.15. The normalized spacial score (nSPS) is 10.2. The number of hydrogen-bond acceptors (Lipinski definition) is 3. The molecule has 0 bridgehead atoms. The Bertz CT molecular complexity index is 689. The topological polar surface area (TPSA) is 47.6 Å². The van der Waals surface area contributed by atoms with Crippen molar-refractivity contribution in [3.8, 4) is 11.5 Å². The van der Waals surface area contributed by atoms with Gasteiger partial charge in [0.05, 0.1) is 26.3 Å². The first kappa shape index (κ1) is 16.5. The number of amides is 1. The molecule has 0 aromatic heterocycles. The number of halogens is 2. The minimum atomic E-state index is -0.201. The molecular formula is C16H15Cl2NO3. The molecule has 1 amide bonds. The third-order valence-corrected chi connectivity index (χ3v) is 3.64. The first-order valence-corrected chi connectivity index (χ1v) is 7.25. The van der Waals surface area contributed by atoms with E-state index >= 15 is 0 Å². The van der Waals surface area contributed by atoms with Crippen LogP contribution < -0.4 is 14.8 Å². The quantitative estimate of drug-likeness (QED) is 0.888. The molecule has 0 heterocycles. The molecule has 0 radical (unpaired) electrons. The molecule has 0 fully saturated rings. The van der Waals surface area contributed by atoms with Gasteiger partial charge in [0.1, 0.15) is 11.5 Å². The van der Waals surface area contributed by atoms with Crippen LogP contribution >= 0.6 is 23.2 Å². The molecule has 2 rings (SSSR count). The molecule has 0 aliphatic carbocycles. The molecule has 0 spiro atoms. The zero-order valence-electron chi connectivity index (χ0n) is 12.2. The Balaban J connectivity index is 2.12. The summed E-state index contributed by atoms with van der Waals surface area (Å²) >= 11 is 11.9. The molecule has 0 atom stereocenters. The van der Waals surface area contributed by atoms with E-state index in [-0.39, 0.29) is 12.3 Å². The van der Waals surface area contributed by atoms with Crippen molar-refractivity contribution in [1.82, 2.24) is 0 Å². The van der Waals surface area contributed by atoms with Gasteiger partial charge in [-0.05, 0) is 29.8 Å². The Hall–Kier alpha value is -1.91. The number of ether oxygens (including phenoxy) is 2. The molecule has 0 aliphatic heterocycles. The smallest absolute Gasteiger partial charge is 0.228 e. The fourth-order valence-electron chi connectivity index (χ4n) is 1.93. The highest BCUT2D eigenvalue weighted by Gasteiger charge is 2.11. The summed E-state index contributed by atoms with van der Waals surface area (Å²) in [4.78, 5) is 12.2. The summed E-state index contributed by atoms with van der Waals surface area (Å²) in [6.07, 6.45) is 0.144. The van der Waals surface area contributed by atoms with Gasteiger partial charge in [0, 0.05) is 16.1 Å². The zero-order chi connectivity index (χ0) is 16.1. The van der Waals surface area contributed by atoms with Gasteiger partial charge in [0.2, 0.25) is 5.91 Å². The fourth-order valence-corrected chi connectivity index (χ4v) is 2.41. The van der Waals surface area contributed by atoms with Crippen LogP contribution in [0.1, 0.15) is 5.56 Å². The maximum absolute atomic E-state index is 12.2. The third kappa shape index (κ3) is 4.06. The Morgan fingerprint density at radius 2 is 1.86 bits per heavy atom. The number of carbonyl (C=O) groups is 1. The van der Waals surface area contributed by atoms with Gasteiger partial charge >= 0.3 is 0 Å². The summed E-state index contributed by atoms with van der Waals surface area (Å²) in [5.74, 6) is 0.971. The standard InChI is InChI=1S/C16H15Cl2NO3/c1-21-12-5-6-14(15(9-12)22-2)19-16(20)7-10-3-4-11(17)8-13(10)18/h3-6,8-9H,7H2,1-2H3,(H,19,20). The van der Waals surface area contributed by atoms with Gasteiger partial charge < -0.3 is 14.8 Å². The average Bonchev–Trinajstić information content (AvgIpc) is 2.50. The monoisotopic (exact) mass is 339 g/mol. The first-order chi connectivity index (χ1) is 10.5. The van der Waals surface area contributed by atoms with Gasteiger partial charge in [-0.1, -0.05) is 29.3 Å². The number of carbonyl (C=O) groups excluding carboxylic acids is 1. The highest BCUT2D eigenvalue weighted by Crippen LogP contribution is 2.29. The summed E-state index contributed by atoms with van der Waals surface area (Å²) in [5.41, 5.74) is 1.27. The van der Waals surface area contributed by atoms with Gasteiger partial charge in [-0.3, -0.25) is 4.79 Å². The van der Waals surface area contributed by atoms with E-state index in [1.54, 1.807) is 43.5 Å². The second-order valence-electron chi connectivity index (χ2n) is 4.53. The SMILES string of the molecule is COc1ccc(NC(=O)Cc2ccc(Cl)cc2Cl)c(OC)c1. The van der Waals surface area contributed by atoms with Gasteiger partial charge in [-0.2, -0.15) is 0 Å². The summed E-state index contributed by atoms with van der Waals surface area (Å²) in [5, 5.41) is 3.79. The van der Waals surface area contributed by atoms with E-state index in [0.717, 1.165) is 0 Å². The van der Waals surface area contributed by atoms with Crippen LogP contribution in [0.2, 0.25) is 10.0 Å². The van der Waals surface area contributed by atoms with Gasteiger partial charge in [-0.25, -0.2) is 0 Å². The van der Waals surface area contributed by atoms with Crippen molar-refractivity contribution in [2.45, 2.75) is 6.42 Å². The van der Waals surface area contributed by atoms with E-state index in [2.05, 4.69) is 5.32 Å². The average molecular weight is 340 g/mol. The lowest BCUT2D eigenvalue weighted by molar-refractivity contribution is -0.115. The van der Waals surface area contributed by atoms with Crippen molar-refractivity contribution < 1.29 is 14.3 Å². The lowest BCUT2D eigenvalue weighted by atomic mass is 10.1. The molecule has 22 heavy (non-hydrogen) atoms. The molecule has 2 aromatic rings. The van der Waals surface area contributed by atoms with E-state index in [1.807, 2.05) is 0 Å². The van der Waals surface area contributed by atoms with Crippen molar-refractivity contribution in [3.63, 3.8) is 0 Å². The van der Waals surface area contributed by atoms with Gasteiger partial charge in [0.15, 0.2) is 0 Å². The van der Waals surface area contributed by atoms with E-state index in [9.17, 15) is 4.79 Å². The lowest BCUT2D eigenvalue weighted by Gasteiger charge is -2.12. The minimum absolute atomic E-state index is 0.144. The molecule has 2 aromatic carbocycles. The summed E-state index contributed by atoms with van der Waals surface area (Å²) in [6.45, 7) is 0. The van der Waals surface area contributed by atoms with E-state index in [1.165, 1.54) is 7.11 Å². The predicted octanol–water partition coefficient (Wildman–Crippen LogP) is 4.19. The van der Waals surface area contributed by atoms with Crippen LogP contribution in [0.5, 0.6) is 11.5 Å². The van der Waals surface area contributed by atoms with Crippen LogP contribution in [0.4, 0.5) is 5.69 Å².